The highest BCUT2D eigenvalue weighted by Crippen LogP contribution is 2.40. The van der Waals surface area contributed by atoms with Crippen molar-refractivity contribution in [3.8, 4) is 0 Å². The first-order valence-corrected chi connectivity index (χ1v) is 7.89. The Labute approximate surface area is 126 Å². The lowest BCUT2D eigenvalue weighted by Crippen LogP contribution is -2.57. The van der Waals surface area contributed by atoms with Gasteiger partial charge in [0.15, 0.2) is 0 Å². The number of fused-ring (bicyclic) bond motifs is 2. The summed E-state index contributed by atoms with van der Waals surface area (Å²) in [4.78, 5) is 14.8. The molecular formula is C18H23NO2. The van der Waals surface area contributed by atoms with Crippen LogP contribution in [0.4, 0.5) is 0 Å². The van der Waals surface area contributed by atoms with Gasteiger partial charge in [0.2, 0.25) is 0 Å². The van der Waals surface area contributed by atoms with E-state index in [0.29, 0.717) is 18.6 Å². The zero-order valence-corrected chi connectivity index (χ0v) is 12.7. The van der Waals surface area contributed by atoms with Gasteiger partial charge in [0.05, 0.1) is 6.61 Å². The van der Waals surface area contributed by atoms with Crippen LogP contribution >= 0.6 is 0 Å². The van der Waals surface area contributed by atoms with Gasteiger partial charge in [-0.1, -0.05) is 42.5 Å². The van der Waals surface area contributed by atoms with Gasteiger partial charge < -0.3 is 4.74 Å². The summed E-state index contributed by atoms with van der Waals surface area (Å²) in [5.74, 6) is 0.222. The lowest BCUT2D eigenvalue weighted by molar-refractivity contribution is -0.156. The second-order valence-corrected chi connectivity index (χ2v) is 5.92. The summed E-state index contributed by atoms with van der Waals surface area (Å²) in [7, 11) is 0. The molecule has 112 valence electrons. The number of rotatable bonds is 4. The molecular weight excluding hydrogens is 262 g/mol. The van der Waals surface area contributed by atoms with E-state index in [2.05, 4.69) is 48.2 Å². The molecule has 1 fully saturated rings. The topological polar surface area (TPSA) is 29.5 Å². The Morgan fingerprint density at radius 3 is 2.67 bits per heavy atom. The van der Waals surface area contributed by atoms with Gasteiger partial charge in [-0.15, -0.1) is 0 Å². The molecule has 2 bridgehead atoms. The Balaban J connectivity index is 1.90. The average Bonchev–Trinajstić information content (AvgIpc) is 2.55. The summed E-state index contributed by atoms with van der Waals surface area (Å²) in [6.07, 6.45) is 6.70. The molecule has 3 heteroatoms. The maximum absolute atomic E-state index is 12.4. The molecule has 2 unspecified atom stereocenters. The number of hydrogen-bond acceptors (Lipinski definition) is 3. The highest BCUT2D eigenvalue weighted by Gasteiger charge is 2.45. The van der Waals surface area contributed by atoms with Crippen LogP contribution in [-0.2, 0) is 9.53 Å². The Morgan fingerprint density at radius 2 is 2.05 bits per heavy atom. The van der Waals surface area contributed by atoms with Crippen LogP contribution in [0.1, 0.15) is 38.3 Å². The molecule has 0 spiro atoms. The van der Waals surface area contributed by atoms with Crippen molar-refractivity contribution in [2.75, 3.05) is 6.61 Å². The summed E-state index contributed by atoms with van der Waals surface area (Å²) in [6.45, 7) is 4.51. The smallest absolute Gasteiger partial charge is 0.323 e. The van der Waals surface area contributed by atoms with Crippen molar-refractivity contribution in [1.29, 1.82) is 0 Å². The van der Waals surface area contributed by atoms with Crippen LogP contribution in [0.25, 0.3) is 0 Å². The van der Waals surface area contributed by atoms with E-state index >= 15 is 0 Å². The van der Waals surface area contributed by atoms with Gasteiger partial charge in [0.25, 0.3) is 0 Å². The van der Waals surface area contributed by atoms with E-state index in [9.17, 15) is 4.79 Å². The van der Waals surface area contributed by atoms with Crippen LogP contribution in [0, 0.1) is 5.92 Å². The predicted octanol–water partition coefficient (Wildman–Crippen LogP) is 3.33. The second-order valence-electron chi connectivity index (χ2n) is 5.92. The number of esters is 1. The standard InChI is InChI=1S/C18H23NO2/c1-3-21-18(20)17-15-9-11-16(12-10-15)19(17)13(2)14-7-5-4-6-8-14/h4-9,11,13,15-17H,3,10,12H2,1-2H3/t13-,15?,16?,17-/m0/s1. The van der Waals surface area contributed by atoms with Crippen molar-refractivity contribution in [2.45, 2.75) is 44.8 Å². The van der Waals surface area contributed by atoms with Crippen molar-refractivity contribution < 1.29 is 9.53 Å². The van der Waals surface area contributed by atoms with Crippen molar-refractivity contribution in [3.05, 3.63) is 48.0 Å². The molecule has 3 nitrogen and oxygen atoms in total. The molecule has 21 heavy (non-hydrogen) atoms. The number of hydrogen-bond donors (Lipinski definition) is 0. The van der Waals surface area contributed by atoms with E-state index in [1.807, 2.05) is 13.0 Å². The SMILES string of the molecule is CCOC(=O)[C@@H]1C2C=CC(CC2)N1[C@@H](C)c1ccccc1. The Hall–Kier alpha value is -1.61. The molecule has 1 aromatic rings. The van der Waals surface area contributed by atoms with Gasteiger partial charge >= 0.3 is 5.97 Å². The first-order chi connectivity index (χ1) is 10.2. The molecule has 0 aromatic heterocycles. The summed E-state index contributed by atoms with van der Waals surface area (Å²) in [5.41, 5.74) is 1.26. The fourth-order valence-corrected chi connectivity index (χ4v) is 3.72. The van der Waals surface area contributed by atoms with Crippen LogP contribution in [-0.4, -0.2) is 29.6 Å². The van der Waals surface area contributed by atoms with Gasteiger partial charge in [-0.05, 0) is 32.3 Å². The summed E-state index contributed by atoms with van der Waals surface area (Å²) in [5, 5.41) is 0. The number of ether oxygens (including phenoxy) is 1. The zero-order valence-electron chi connectivity index (χ0n) is 12.7. The third-order valence-corrected chi connectivity index (χ3v) is 4.74. The van der Waals surface area contributed by atoms with Gasteiger partial charge in [0, 0.05) is 18.0 Å². The Bertz CT molecular complexity index is 525. The van der Waals surface area contributed by atoms with E-state index in [-0.39, 0.29) is 18.1 Å². The lowest BCUT2D eigenvalue weighted by atomic mass is 9.78. The molecule has 0 amide bonds. The third kappa shape index (κ3) is 2.62. The molecule has 0 N–H and O–H groups in total. The molecule has 4 rings (SSSR count). The predicted molar refractivity (Wildman–Crippen MR) is 82.8 cm³/mol. The number of piperidine rings is 1. The van der Waals surface area contributed by atoms with E-state index in [0.717, 1.165) is 12.8 Å². The largest absolute Gasteiger partial charge is 0.465 e. The first kappa shape index (κ1) is 14.3. The monoisotopic (exact) mass is 285 g/mol. The molecule has 2 heterocycles. The van der Waals surface area contributed by atoms with Gasteiger partial charge in [-0.25, -0.2) is 0 Å². The number of benzene rings is 1. The van der Waals surface area contributed by atoms with Gasteiger partial charge in [-0.3, -0.25) is 9.69 Å². The van der Waals surface area contributed by atoms with Crippen molar-refractivity contribution in [2.24, 2.45) is 5.92 Å². The molecule has 2 aliphatic heterocycles. The fourth-order valence-electron chi connectivity index (χ4n) is 3.72. The quantitative estimate of drug-likeness (QED) is 0.628. The summed E-state index contributed by atoms with van der Waals surface area (Å²) < 4.78 is 5.34. The number of nitrogens with zero attached hydrogens (tertiary/aromatic N) is 1. The molecule has 0 radical (unpaired) electrons. The molecule has 3 aliphatic rings. The zero-order chi connectivity index (χ0) is 14.8. The van der Waals surface area contributed by atoms with Crippen molar-refractivity contribution in [1.82, 2.24) is 4.90 Å². The summed E-state index contributed by atoms with van der Waals surface area (Å²) in [6, 6.07) is 10.9. The minimum absolute atomic E-state index is 0.0701. The van der Waals surface area contributed by atoms with E-state index < -0.39 is 0 Å². The molecule has 4 atom stereocenters. The minimum atomic E-state index is -0.135. The van der Waals surface area contributed by atoms with Crippen LogP contribution in [0.3, 0.4) is 0 Å². The fraction of sp³-hybridized carbons (Fsp3) is 0.500. The normalized spacial score (nSPS) is 29.3. The highest BCUT2D eigenvalue weighted by atomic mass is 16.5. The molecule has 0 saturated carbocycles. The first-order valence-electron chi connectivity index (χ1n) is 7.89. The van der Waals surface area contributed by atoms with Crippen LogP contribution in [0.15, 0.2) is 42.5 Å². The lowest BCUT2D eigenvalue weighted by Gasteiger charge is -2.49. The van der Waals surface area contributed by atoms with E-state index in [1.165, 1.54) is 5.56 Å². The maximum atomic E-state index is 12.4. The van der Waals surface area contributed by atoms with Gasteiger partial charge in [-0.2, -0.15) is 0 Å². The van der Waals surface area contributed by atoms with Crippen LogP contribution in [0.5, 0.6) is 0 Å². The van der Waals surface area contributed by atoms with Gasteiger partial charge in [0.1, 0.15) is 6.04 Å². The van der Waals surface area contributed by atoms with Crippen molar-refractivity contribution >= 4 is 5.97 Å². The Kier molecular flexibility index (Phi) is 4.11. The molecule has 1 aliphatic carbocycles. The molecule has 1 saturated heterocycles. The highest BCUT2D eigenvalue weighted by molar-refractivity contribution is 5.77. The summed E-state index contributed by atoms with van der Waals surface area (Å²) >= 11 is 0. The average molecular weight is 285 g/mol. The Morgan fingerprint density at radius 1 is 1.29 bits per heavy atom. The third-order valence-electron chi connectivity index (χ3n) is 4.74. The molecule has 1 aromatic carbocycles. The van der Waals surface area contributed by atoms with Crippen LogP contribution < -0.4 is 0 Å². The minimum Gasteiger partial charge on any atom is -0.465 e. The van der Waals surface area contributed by atoms with E-state index in [1.54, 1.807) is 0 Å². The number of carbonyl (C=O) groups is 1. The van der Waals surface area contributed by atoms with E-state index in [4.69, 9.17) is 4.74 Å². The second kappa shape index (κ2) is 6.02. The van der Waals surface area contributed by atoms with Crippen LogP contribution in [0.2, 0.25) is 0 Å². The maximum Gasteiger partial charge on any atom is 0.323 e. The van der Waals surface area contributed by atoms with Crippen molar-refractivity contribution in [3.63, 3.8) is 0 Å². The number of carbonyl (C=O) groups excluding carboxylic acids is 1.